The molecule has 19 heavy (non-hydrogen) atoms. The highest BCUT2D eigenvalue weighted by Crippen LogP contribution is 2.32. The number of rotatable bonds is 4. The molecule has 0 bridgehead atoms. The zero-order valence-electron chi connectivity index (χ0n) is 10.7. The molecular weight excluding hydrogens is 264 g/mol. The Hall–Kier alpha value is -1.17. The summed E-state index contributed by atoms with van der Waals surface area (Å²) in [6, 6.07) is 6.21. The van der Waals surface area contributed by atoms with E-state index in [1.54, 1.807) is 18.2 Å². The highest BCUT2D eigenvalue weighted by molar-refractivity contribution is 7.86. The Labute approximate surface area is 113 Å². The Morgan fingerprint density at radius 2 is 1.74 bits per heavy atom. The van der Waals surface area contributed by atoms with E-state index in [4.69, 9.17) is 4.18 Å². The van der Waals surface area contributed by atoms with Crippen molar-refractivity contribution in [3.05, 3.63) is 36.4 Å². The Bertz CT molecular complexity index is 539. The van der Waals surface area contributed by atoms with Crippen LogP contribution < -0.4 is 0 Å². The van der Waals surface area contributed by atoms with Crippen LogP contribution >= 0.6 is 0 Å². The van der Waals surface area contributed by atoms with Crippen molar-refractivity contribution in [2.24, 2.45) is 0 Å². The molecule has 1 aromatic rings. The molecule has 1 aromatic carbocycles. The van der Waals surface area contributed by atoms with Crippen molar-refractivity contribution >= 4 is 16.2 Å². The Balaban J connectivity index is 2.19. The van der Waals surface area contributed by atoms with Crippen LogP contribution in [0.1, 0.15) is 37.7 Å². The summed E-state index contributed by atoms with van der Waals surface area (Å²) in [6.07, 6.45) is 4.91. The molecule has 0 heterocycles. The molecule has 1 saturated carbocycles. The molecule has 0 aromatic heterocycles. The van der Waals surface area contributed by atoms with E-state index < -0.39 is 15.9 Å². The second-order valence-electron chi connectivity index (χ2n) is 4.82. The van der Waals surface area contributed by atoms with Gasteiger partial charge in [-0.25, -0.2) is 4.18 Å². The molecule has 1 fully saturated rings. The predicted molar refractivity (Wildman–Crippen MR) is 72.8 cm³/mol. The quantitative estimate of drug-likeness (QED) is 0.681. The maximum atomic E-state index is 12.1. The van der Waals surface area contributed by atoms with Crippen molar-refractivity contribution in [3.8, 4) is 0 Å². The fourth-order valence-corrected chi connectivity index (χ4v) is 3.35. The first-order chi connectivity index (χ1) is 8.95. The summed E-state index contributed by atoms with van der Waals surface area (Å²) in [4.78, 5) is 0.0529. The monoisotopic (exact) mass is 282 g/mol. The second kappa shape index (κ2) is 5.45. The van der Waals surface area contributed by atoms with Crippen LogP contribution in [0.2, 0.25) is 0 Å². The molecule has 1 N–H and O–H groups in total. The highest BCUT2D eigenvalue weighted by Gasteiger charge is 2.36. The van der Waals surface area contributed by atoms with Gasteiger partial charge in [0.15, 0.2) is 5.79 Å². The highest BCUT2D eigenvalue weighted by atomic mass is 32.2. The lowest BCUT2D eigenvalue weighted by Crippen LogP contribution is -2.36. The smallest absolute Gasteiger partial charge is 0.299 e. The average Bonchev–Trinajstić information content (AvgIpc) is 2.38. The summed E-state index contributed by atoms with van der Waals surface area (Å²) in [5, 5.41) is 10.2. The molecule has 4 nitrogen and oxygen atoms in total. The number of hydrogen-bond acceptors (Lipinski definition) is 4. The summed E-state index contributed by atoms with van der Waals surface area (Å²) in [7, 11) is -3.93. The SMILES string of the molecule is C=Cc1ccc(S(=O)(=O)OC2(O)CCCCC2)cc1. The lowest BCUT2D eigenvalue weighted by atomic mass is 9.95. The second-order valence-corrected chi connectivity index (χ2v) is 6.36. The van der Waals surface area contributed by atoms with Gasteiger partial charge >= 0.3 is 0 Å². The van der Waals surface area contributed by atoms with Gasteiger partial charge in [0, 0.05) is 12.8 Å². The van der Waals surface area contributed by atoms with Crippen LogP contribution in [-0.4, -0.2) is 19.3 Å². The first kappa shape index (κ1) is 14.2. The van der Waals surface area contributed by atoms with E-state index in [0.717, 1.165) is 24.8 Å². The van der Waals surface area contributed by atoms with Gasteiger partial charge in [-0.3, -0.25) is 0 Å². The van der Waals surface area contributed by atoms with Crippen molar-refractivity contribution in [2.75, 3.05) is 0 Å². The van der Waals surface area contributed by atoms with E-state index in [-0.39, 0.29) is 4.90 Å². The Morgan fingerprint density at radius 1 is 1.16 bits per heavy atom. The van der Waals surface area contributed by atoms with Crippen LogP contribution in [0.3, 0.4) is 0 Å². The van der Waals surface area contributed by atoms with Crippen molar-refractivity contribution in [2.45, 2.75) is 42.8 Å². The number of hydrogen-bond donors (Lipinski definition) is 1. The first-order valence-electron chi connectivity index (χ1n) is 6.36. The van der Waals surface area contributed by atoms with Crippen molar-refractivity contribution < 1.29 is 17.7 Å². The van der Waals surface area contributed by atoms with Crippen LogP contribution in [0.4, 0.5) is 0 Å². The predicted octanol–water partition coefficient (Wildman–Crippen LogP) is 2.69. The van der Waals surface area contributed by atoms with Gasteiger partial charge in [0.05, 0.1) is 4.90 Å². The van der Waals surface area contributed by atoms with Gasteiger partial charge in [-0.1, -0.05) is 31.2 Å². The lowest BCUT2D eigenvalue weighted by molar-refractivity contribution is -0.154. The van der Waals surface area contributed by atoms with Gasteiger partial charge in [-0.2, -0.15) is 8.42 Å². The minimum Gasteiger partial charge on any atom is -0.364 e. The number of benzene rings is 1. The molecular formula is C14H18O4S. The average molecular weight is 282 g/mol. The molecule has 0 amide bonds. The van der Waals surface area contributed by atoms with Crippen molar-refractivity contribution in [3.63, 3.8) is 0 Å². The maximum Gasteiger partial charge on any atom is 0.299 e. The third-order valence-corrected chi connectivity index (χ3v) is 4.68. The summed E-state index contributed by atoms with van der Waals surface area (Å²) in [5.41, 5.74) is 0.829. The standard InChI is InChI=1S/C14H18O4S/c1-2-12-6-8-13(9-7-12)19(16,17)18-14(15)10-4-3-5-11-14/h2,6-9,15H,1,3-5,10-11H2. The molecule has 1 aliphatic rings. The lowest BCUT2D eigenvalue weighted by Gasteiger charge is -2.30. The van der Waals surface area contributed by atoms with Crippen LogP contribution in [0, 0.1) is 0 Å². The van der Waals surface area contributed by atoms with Gasteiger partial charge in [0.25, 0.3) is 10.1 Å². The van der Waals surface area contributed by atoms with Crippen molar-refractivity contribution in [1.82, 2.24) is 0 Å². The van der Waals surface area contributed by atoms with Crippen LogP contribution in [0.15, 0.2) is 35.7 Å². The van der Waals surface area contributed by atoms with Crippen LogP contribution in [0.5, 0.6) is 0 Å². The van der Waals surface area contributed by atoms with Gasteiger partial charge in [-0.15, -0.1) is 0 Å². The molecule has 0 atom stereocenters. The van der Waals surface area contributed by atoms with Gasteiger partial charge in [0.2, 0.25) is 0 Å². The van der Waals surface area contributed by atoms with Gasteiger partial charge in [0.1, 0.15) is 0 Å². The summed E-state index contributed by atoms with van der Waals surface area (Å²) < 4.78 is 29.2. The van der Waals surface area contributed by atoms with Crippen molar-refractivity contribution in [1.29, 1.82) is 0 Å². The Morgan fingerprint density at radius 3 is 2.26 bits per heavy atom. The van der Waals surface area contributed by atoms with E-state index in [9.17, 15) is 13.5 Å². The molecule has 0 radical (unpaired) electrons. The largest absolute Gasteiger partial charge is 0.364 e. The first-order valence-corrected chi connectivity index (χ1v) is 7.77. The van der Waals surface area contributed by atoms with Gasteiger partial charge < -0.3 is 5.11 Å². The summed E-state index contributed by atoms with van der Waals surface area (Å²) in [5.74, 6) is -1.55. The molecule has 5 heteroatoms. The Kier molecular flexibility index (Phi) is 4.08. The molecule has 1 aliphatic carbocycles. The molecule has 0 spiro atoms. The topological polar surface area (TPSA) is 63.6 Å². The van der Waals surface area contributed by atoms with E-state index in [1.807, 2.05) is 0 Å². The molecule has 104 valence electrons. The van der Waals surface area contributed by atoms with E-state index in [1.165, 1.54) is 12.1 Å². The van der Waals surface area contributed by atoms with Crippen LogP contribution in [0.25, 0.3) is 6.08 Å². The molecule has 2 rings (SSSR count). The van der Waals surface area contributed by atoms with E-state index >= 15 is 0 Å². The van der Waals surface area contributed by atoms with Gasteiger partial charge in [-0.05, 0) is 30.5 Å². The zero-order valence-corrected chi connectivity index (χ0v) is 11.5. The fraction of sp³-hybridized carbons (Fsp3) is 0.429. The minimum absolute atomic E-state index is 0.0529. The van der Waals surface area contributed by atoms with E-state index in [2.05, 4.69) is 6.58 Å². The normalized spacial score (nSPS) is 19.0. The minimum atomic E-state index is -3.93. The zero-order chi connectivity index (χ0) is 13.9. The summed E-state index contributed by atoms with van der Waals surface area (Å²) in [6.45, 7) is 3.61. The van der Waals surface area contributed by atoms with Crippen LogP contribution in [-0.2, 0) is 14.3 Å². The third-order valence-electron chi connectivity index (χ3n) is 3.30. The molecule has 0 saturated heterocycles. The maximum absolute atomic E-state index is 12.1. The molecule has 0 aliphatic heterocycles. The van der Waals surface area contributed by atoms with E-state index in [0.29, 0.717) is 12.8 Å². The third kappa shape index (κ3) is 3.43. The number of aliphatic hydroxyl groups is 1. The summed E-state index contributed by atoms with van der Waals surface area (Å²) >= 11 is 0. The molecule has 0 unspecified atom stereocenters. The fourth-order valence-electron chi connectivity index (χ4n) is 2.21.